The third-order valence-electron chi connectivity index (χ3n) is 3.46. The third-order valence-corrected chi connectivity index (χ3v) is 3.46. The molecule has 1 heterocycles. The molecular weight excluding hydrogens is 388 g/mol. The number of aromatic carboxylic acids is 1. The van der Waals surface area contributed by atoms with E-state index in [2.05, 4.69) is 9.84 Å². The molecule has 2 rings (SSSR count). The molecular formula is C17H14N4O8. The first kappa shape index (κ1) is 20.7. The Bertz CT molecular complexity index is 1030. The van der Waals surface area contributed by atoms with E-state index in [0.29, 0.717) is 0 Å². The van der Waals surface area contributed by atoms with Crippen molar-refractivity contribution in [3.05, 3.63) is 53.1 Å². The molecule has 2 amide bonds. The number of ether oxygens (including phenoxy) is 1. The van der Waals surface area contributed by atoms with Gasteiger partial charge in [-0.3, -0.25) is 9.59 Å². The molecule has 0 bridgehead atoms. The first-order chi connectivity index (χ1) is 13.6. The van der Waals surface area contributed by atoms with Gasteiger partial charge in [-0.25, -0.2) is 9.59 Å². The fourth-order valence-corrected chi connectivity index (χ4v) is 2.16. The monoisotopic (exact) mass is 402 g/mol. The van der Waals surface area contributed by atoms with Crippen LogP contribution in [0.3, 0.4) is 0 Å². The molecule has 1 aromatic heterocycles. The first-order valence-electron chi connectivity index (χ1n) is 7.66. The second-order valence-corrected chi connectivity index (χ2v) is 5.34. The smallest absolute Gasteiger partial charge is 0.493 e. The minimum absolute atomic E-state index is 0.0157. The van der Waals surface area contributed by atoms with Crippen LogP contribution in [0.2, 0.25) is 0 Å². The van der Waals surface area contributed by atoms with Gasteiger partial charge in [-0.2, -0.15) is 4.68 Å². The molecule has 0 aliphatic rings. The summed E-state index contributed by atoms with van der Waals surface area (Å²) < 4.78 is 5.42. The number of benzene rings is 1. The number of amides is 2. The zero-order valence-corrected chi connectivity index (χ0v) is 14.5. The predicted octanol–water partition coefficient (Wildman–Crippen LogP) is 0.243. The van der Waals surface area contributed by atoms with E-state index in [9.17, 15) is 24.3 Å². The Morgan fingerprint density at radius 1 is 1.03 bits per heavy atom. The molecule has 1 aromatic carbocycles. The van der Waals surface area contributed by atoms with Crippen LogP contribution in [0.1, 0.15) is 15.9 Å². The van der Waals surface area contributed by atoms with Gasteiger partial charge < -0.3 is 31.5 Å². The lowest BCUT2D eigenvalue weighted by atomic mass is 10.2. The van der Waals surface area contributed by atoms with Crippen molar-refractivity contribution in [2.75, 3.05) is 0 Å². The lowest BCUT2D eigenvalue weighted by Crippen LogP contribution is -2.25. The number of nitrogens with zero attached hydrogens (tertiary/aromatic N) is 2. The van der Waals surface area contributed by atoms with E-state index >= 15 is 0 Å². The average molecular weight is 402 g/mol. The van der Waals surface area contributed by atoms with Crippen molar-refractivity contribution in [3.8, 4) is 17.4 Å². The van der Waals surface area contributed by atoms with E-state index in [0.717, 1.165) is 22.9 Å². The SMILES string of the molecule is NC(=O)C(=CC=Cc1c(OC(=O)O)nn(-c2ccc(C(=O)O)cc2)c1O)C(N)=O. The number of aromatic nitrogens is 2. The van der Waals surface area contributed by atoms with Crippen molar-refractivity contribution in [2.24, 2.45) is 11.5 Å². The van der Waals surface area contributed by atoms with Gasteiger partial charge in [0.25, 0.3) is 17.7 Å². The van der Waals surface area contributed by atoms with E-state index in [1.165, 1.54) is 24.3 Å². The Balaban J connectivity index is 2.51. The number of nitrogens with two attached hydrogens (primary N) is 2. The van der Waals surface area contributed by atoms with Gasteiger partial charge in [0.05, 0.1) is 11.3 Å². The van der Waals surface area contributed by atoms with Crippen molar-refractivity contribution in [1.82, 2.24) is 9.78 Å². The van der Waals surface area contributed by atoms with Crippen molar-refractivity contribution in [1.29, 1.82) is 0 Å². The normalized spacial score (nSPS) is 10.5. The maximum Gasteiger partial charge on any atom is 0.512 e. The molecule has 0 radical (unpaired) electrons. The van der Waals surface area contributed by atoms with E-state index in [1.54, 1.807) is 0 Å². The van der Waals surface area contributed by atoms with Crippen LogP contribution >= 0.6 is 0 Å². The van der Waals surface area contributed by atoms with Gasteiger partial charge in [0.2, 0.25) is 5.88 Å². The molecule has 29 heavy (non-hydrogen) atoms. The molecule has 7 N–H and O–H groups in total. The molecule has 0 atom stereocenters. The van der Waals surface area contributed by atoms with E-state index < -0.39 is 41.3 Å². The van der Waals surface area contributed by atoms with Gasteiger partial charge in [0.15, 0.2) is 0 Å². The van der Waals surface area contributed by atoms with Gasteiger partial charge >= 0.3 is 12.1 Å². The molecule has 0 saturated heterocycles. The zero-order chi connectivity index (χ0) is 21.7. The second-order valence-electron chi connectivity index (χ2n) is 5.34. The molecule has 0 spiro atoms. The van der Waals surface area contributed by atoms with Crippen molar-refractivity contribution < 1.29 is 39.2 Å². The van der Waals surface area contributed by atoms with Crippen LogP contribution < -0.4 is 16.2 Å². The summed E-state index contributed by atoms with van der Waals surface area (Å²) in [5, 5.41) is 32.0. The first-order valence-corrected chi connectivity index (χ1v) is 7.66. The fourth-order valence-electron chi connectivity index (χ4n) is 2.16. The van der Waals surface area contributed by atoms with Gasteiger partial charge in [-0.15, -0.1) is 5.10 Å². The maximum atomic E-state index is 11.1. The van der Waals surface area contributed by atoms with Crippen LogP contribution in [-0.2, 0) is 9.59 Å². The summed E-state index contributed by atoms with van der Waals surface area (Å²) in [6, 6.07) is 5.15. The zero-order valence-electron chi connectivity index (χ0n) is 14.5. The highest BCUT2D eigenvalue weighted by Gasteiger charge is 2.20. The number of allylic oxidation sites excluding steroid dienone is 2. The average Bonchev–Trinajstić information content (AvgIpc) is 2.93. The summed E-state index contributed by atoms with van der Waals surface area (Å²) in [5.41, 5.74) is 9.46. The molecule has 12 nitrogen and oxygen atoms in total. The molecule has 0 aliphatic carbocycles. The van der Waals surface area contributed by atoms with Crippen molar-refractivity contribution in [3.63, 3.8) is 0 Å². The molecule has 0 saturated carbocycles. The molecule has 0 aliphatic heterocycles. The van der Waals surface area contributed by atoms with Gasteiger partial charge in [0.1, 0.15) is 11.1 Å². The Morgan fingerprint density at radius 2 is 1.62 bits per heavy atom. The summed E-state index contributed by atoms with van der Waals surface area (Å²) in [7, 11) is 0. The minimum atomic E-state index is -1.71. The van der Waals surface area contributed by atoms with E-state index in [1.807, 2.05) is 0 Å². The lowest BCUT2D eigenvalue weighted by Gasteiger charge is -2.03. The Morgan fingerprint density at radius 3 is 2.10 bits per heavy atom. The number of carboxylic acids is 1. The topological polar surface area (TPSA) is 208 Å². The Hall–Kier alpha value is -4.61. The summed E-state index contributed by atoms with van der Waals surface area (Å²) >= 11 is 0. The fraction of sp³-hybridized carbons (Fsp3) is 0. The van der Waals surface area contributed by atoms with Crippen LogP contribution in [0.5, 0.6) is 11.8 Å². The number of rotatable bonds is 7. The van der Waals surface area contributed by atoms with Crippen LogP contribution in [0, 0.1) is 0 Å². The summed E-state index contributed by atoms with van der Waals surface area (Å²) in [5.74, 6) is -4.40. The Kier molecular flexibility index (Phi) is 5.99. The predicted molar refractivity (Wildman–Crippen MR) is 96.3 cm³/mol. The van der Waals surface area contributed by atoms with Crippen LogP contribution in [0.15, 0.2) is 42.0 Å². The highest BCUT2D eigenvalue weighted by atomic mass is 16.7. The van der Waals surface area contributed by atoms with Gasteiger partial charge in [0, 0.05) is 0 Å². The Labute approximate surface area is 161 Å². The van der Waals surface area contributed by atoms with Crippen molar-refractivity contribution >= 4 is 30.0 Å². The highest BCUT2D eigenvalue weighted by molar-refractivity contribution is 6.17. The van der Waals surface area contributed by atoms with Crippen LogP contribution in [0.25, 0.3) is 11.8 Å². The quantitative estimate of drug-likeness (QED) is 0.141. The number of carboxylic acid groups (broad SMARTS) is 2. The minimum Gasteiger partial charge on any atom is -0.493 e. The van der Waals surface area contributed by atoms with Crippen LogP contribution in [-0.4, -0.2) is 49.0 Å². The number of carbonyl (C=O) groups is 4. The van der Waals surface area contributed by atoms with Crippen LogP contribution in [0.4, 0.5) is 4.79 Å². The number of aromatic hydroxyl groups is 1. The third kappa shape index (κ3) is 4.77. The number of primary amides is 2. The lowest BCUT2D eigenvalue weighted by molar-refractivity contribution is -0.120. The largest absolute Gasteiger partial charge is 0.512 e. The summed E-state index contributed by atoms with van der Waals surface area (Å²) in [6.45, 7) is 0. The molecule has 2 aromatic rings. The standard InChI is InChI=1S/C17H14N4O8/c18-12(22)10(13(19)23)2-1-3-11-14(29-17(27)28)20-21(15(11)24)9-6-4-8(5-7-9)16(25)26/h1-7,24H,(H2,18,22)(H2,19,23)(H,25,26)(H,27,28). The molecule has 0 fully saturated rings. The van der Waals surface area contributed by atoms with Crippen molar-refractivity contribution in [2.45, 2.75) is 0 Å². The van der Waals surface area contributed by atoms with Gasteiger partial charge in [-0.1, -0.05) is 6.08 Å². The molecule has 150 valence electrons. The number of hydrogen-bond acceptors (Lipinski definition) is 7. The van der Waals surface area contributed by atoms with E-state index in [-0.39, 0.29) is 16.8 Å². The van der Waals surface area contributed by atoms with E-state index in [4.69, 9.17) is 21.7 Å². The molecule has 0 unspecified atom stereocenters. The molecule has 12 heteroatoms. The summed E-state index contributed by atoms with van der Waals surface area (Å²) in [4.78, 5) is 44.1. The number of carbonyl (C=O) groups excluding carboxylic acids is 2. The highest BCUT2D eigenvalue weighted by Crippen LogP contribution is 2.31. The summed E-state index contributed by atoms with van der Waals surface area (Å²) in [6.07, 6.45) is 1.46. The number of hydrogen-bond donors (Lipinski definition) is 5. The van der Waals surface area contributed by atoms with Gasteiger partial charge in [-0.05, 0) is 36.4 Å². The maximum absolute atomic E-state index is 11.1. The second kappa shape index (κ2) is 8.39.